The van der Waals surface area contributed by atoms with Gasteiger partial charge in [-0.1, -0.05) is 0 Å². The summed E-state index contributed by atoms with van der Waals surface area (Å²) in [6.45, 7) is 0. The van der Waals surface area contributed by atoms with Gasteiger partial charge in [-0.2, -0.15) is 0 Å². The van der Waals surface area contributed by atoms with E-state index < -0.39 is 11.4 Å². The summed E-state index contributed by atoms with van der Waals surface area (Å²) >= 11 is 0. The molecular weight excluding hydrogens is 148 g/mol. The fourth-order valence-electron chi connectivity index (χ4n) is 0.660. The van der Waals surface area contributed by atoms with Crippen molar-refractivity contribution >= 4 is 11.7 Å². The molecule has 0 saturated carbocycles. The first-order valence-electron chi connectivity index (χ1n) is 2.83. The van der Waals surface area contributed by atoms with Crippen molar-refractivity contribution in [1.82, 2.24) is 4.98 Å². The van der Waals surface area contributed by atoms with Crippen molar-refractivity contribution in [3.63, 3.8) is 0 Å². The molecule has 1 aromatic heterocycles. The van der Waals surface area contributed by atoms with Crippen LogP contribution in [0.5, 0.6) is 0 Å². The molecule has 0 aliphatic carbocycles. The van der Waals surface area contributed by atoms with E-state index in [-0.39, 0.29) is 11.3 Å². The maximum atomic E-state index is 10.9. The largest absolute Gasteiger partial charge is 0.477 e. The van der Waals surface area contributed by atoms with Crippen LogP contribution in [0, 0.1) is 0 Å². The van der Waals surface area contributed by atoms with Crippen LogP contribution in [0.1, 0.15) is 10.4 Å². The number of hydrogen-bond acceptors (Lipinski definition) is 3. The van der Waals surface area contributed by atoms with Gasteiger partial charge in [0.1, 0.15) is 5.56 Å². The third-order valence-electron chi connectivity index (χ3n) is 1.20. The van der Waals surface area contributed by atoms with Gasteiger partial charge in [0.2, 0.25) is 5.43 Å². The molecule has 11 heavy (non-hydrogen) atoms. The van der Waals surface area contributed by atoms with Crippen molar-refractivity contribution in [3.05, 3.63) is 28.2 Å². The highest BCUT2D eigenvalue weighted by Gasteiger charge is 2.08. The van der Waals surface area contributed by atoms with Gasteiger partial charge >= 0.3 is 5.97 Å². The molecule has 0 radical (unpaired) electrons. The van der Waals surface area contributed by atoms with Gasteiger partial charge in [0.15, 0.2) is 0 Å². The predicted octanol–water partition coefficient (Wildman–Crippen LogP) is -0.345. The van der Waals surface area contributed by atoms with Crippen molar-refractivity contribution in [2.75, 3.05) is 5.73 Å². The van der Waals surface area contributed by atoms with E-state index in [0.29, 0.717) is 0 Å². The smallest absolute Gasteiger partial charge is 0.341 e. The molecule has 1 aromatic rings. The Hall–Kier alpha value is -1.78. The minimum atomic E-state index is -1.28. The molecule has 5 heteroatoms. The first-order chi connectivity index (χ1) is 5.13. The highest BCUT2D eigenvalue weighted by molar-refractivity contribution is 5.87. The number of carboxylic acid groups (broad SMARTS) is 1. The second kappa shape index (κ2) is 2.45. The van der Waals surface area contributed by atoms with Crippen LogP contribution in [-0.2, 0) is 0 Å². The molecule has 5 nitrogen and oxygen atoms in total. The van der Waals surface area contributed by atoms with Crippen molar-refractivity contribution < 1.29 is 9.90 Å². The third-order valence-corrected chi connectivity index (χ3v) is 1.20. The van der Waals surface area contributed by atoms with E-state index in [2.05, 4.69) is 4.98 Å². The number of pyridine rings is 1. The van der Waals surface area contributed by atoms with Crippen LogP contribution in [-0.4, -0.2) is 16.1 Å². The second-order valence-electron chi connectivity index (χ2n) is 1.96. The third kappa shape index (κ3) is 1.21. The molecule has 0 aromatic carbocycles. The Morgan fingerprint density at radius 1 is 1.55 bits per heavy atom. The molecule has 0 spiro atoms. The highest BCUT2D eigenvalue weighted by Crippen LogP contribution is 1.93. The zero-order valence-corrected chi connectivity index (χ0v) is 5.50. The Morgan fingerprint density at radius 3 is 2.64 bits per heavy atom. The summed E-state index contributed by atoms with van der Waals surface area (Å²) < 4.78 is 0. The Labute approximate surface area is 61.5 Å². The summed E-state index contributed by atoms with van der Waals surface area (Å²) in [6, 6.07) is 0. The van der Waals surface area contributed by atoms with Gasteiger partial charge in [-0.05, 0) is 0 Å². The molecule has 58 valence electrons. The molecule has 0 saturated heterocycles. The summed E-state index contributed by atoms with van der Waals surface area (Å²) in [4.78, 5) is 23.6. The number of hydrogen-bond donors (Lipinski definition) is 3. The number of aromatic carboxylic acids is 1. The van der Waals surface area contributed by atoms with Gasteiger partial charge < -0.3 is 15.8 Å². The topological polar surface area (TPSA) is 96.2 Å². The lowest BCUT2D eigenvalue weighted by molar-refractivity contribution is 0.0695. The maximum Gasteiger partial charge on any atom is 0.341 e. The maximum absolute atomic E-state index is 10.9. The number of aromatic nitrogens is 1. The van der Waals surface area contributed by atoms with E-state index in [4.69, 9.17) is 10.8 Å². The van der Waals surface area contributed by atoms with Crippen molar-refractivity contribution in [2.24, 2.45) is 0 Å². The van der Waals surface area contributed by atoms with E-state index in [9.17, 15) is 9.59 Å². The standard InChI is InChI=1S/C6H6N2O3/c7-4-2-8-1-3(5(4)9)6(10)11/h1-2H,7H2,(H,8,9)(H,10,11). The average Bonchev–Trinajstić information content (AvgIpc) is 1.94. The number of H-pyrrole nitrogens is 1. The summed E-state index contributed by atoms with van der Waals surface area (Å²) in [7, 11) is 0. The minimum Gasteiger partial charge on any atom is -0.477 e. The molecular formula is C6H6N2O3. The molecule has 0 fully saturated rings. The number of nitrogens with one attached hydrogen (secondary N) is 1. The Balaban J connectivity index is 3.40. The van der Waals surface area contributed by atoms with Gasteiger partial charge in [-0.25, -0.2) is 4.79 Å². The van der Waals surface area contributed by atoms with Gasteiger partial charge in [0, 0.05) is 12.4 Å². The van der Waals surface area contributed by atoms with Crippen molar-refractivity contribution in [3.8, 4) is 0 Å². The summed E-state index contributed by atoms with van der Waals surface area (Å²) in [5.41, 5.74) is 4.06. The van der Waals surface area contributed by atoms with Crippen LogP contribution in [0.4, 0.5) is 5.69 Å². The molecule has 1 rings (SSSR count). The van der Waals surface area contributed by atoms with E-state index in [1.54, 1.807) is 0 Å². The van der Waals surface area contributed by atoms with Gasteiger partial charge in [0.25, 0.3) is 0 Å². The number of anilines is 1. The van der Waals surface area contributed by atoms with Crippen molar-refractivity contribution in [1.29, 1.82) is 0 Å². The molecule has 0 aliphatic rings. The fourth-order valence-corrected chi connectivity index (χ4v) is 0.660. The van der Waals surface area contributed by atoms with E-state index in [1.165, 1.54) is 6.20 Å². The summed E-state index contributed by atoms with van der Waals surface area (Å²) in [6.07, 6.45) is 2.34. The number of rotatable bonds is 1. The predicted molar refractivity (Wildman–Crippen MR) is 38.4 cm³/mol. The Bertz CT molecular complexity index is 342. The summed E-state index contributed by atoms with van der Waals surface area (Å²) in [5, 5.41) is 8.41. The molecule has 0 amide bonds. The zero-order chi connectivity index (χ0) is 8.43. The van der Waals surface area contributed by atoms with Crippen LogP contribution in [0.25, 0.3) is 0 Å². The lowest BCUT2D eigenvalue weighted by Gasteiger charge is -1.93. The first kappa shape index (κ1) is 7.33. The van der Waals surface area contributed by atoms with Crippen molar-refractivity contribution in [2.45, 2.75) is 0 Å². The molecule has 0 bridgehead atoms. The van der Waals surface area contributed by atoms with Crippen LogP contribution in [0.3, 0.4) is 0 Å². The quantitative estimate of drug-likeness (QED) is 0.515. The minimum absolute atomic E-state index is 0.0927. The van der Waals surface area contributed by atoms with Gasteiger partial charge in [-0.3, -0.25) is 4.79 Å². The normalized spacial score (nSPS) is 9.45. The van der Waals surface area contributed by atoms with E-state index in [1.807, 2.05) is 0 Å². The molecule has 0 atom stereocenters. The van der Waals surface area contributed by atoms with Gasteiger partial charge in [-0.15, -0.1) is 0 Å². The average molecular weight is 154 g/mol. The van der Waals surface area contributed by atoms with E-state index in [0.717, 1.165) is 6.20 Å². The highest BCUT2D eigenvalue weighted by atomic mass is 16.4. The van der Waals surface area contributed by atoms with Crippen LogP contribution in [0.2, 0.25) is 0 Å². The Kier molecular flexibility index (Phi) is 1.63. The lowest BCUT2D eigenvalue weighted by Crippen LogP contribution is -2.17. The summed E-state index contributed by atoms with van der Waals surface area (Å²) in [5.74, 6) is -1.28. The molecule has 0 aliphatic heterocycles. The van der Waals surface area contributed by atoms with E-state index >= 15 is 0 Å². The number of carbonyl (C=O) groups is 1. The lowest BCUT2D eigenvalue weighted by atomic mass is 10.2. The number of nitrogen functional groups attached to an aromatic ring is 1. The second-order valence-corrected chi connectivity index (χ2v) is 1.96. The molecule has 4 N–H and O–H groups in total. The number of aromatic amines is 1. The van der Waals surface area contributed by atoms with Gasteiger partial charge in [0.05, 0.1) is 5.69 Å². The zero-order valence-electron chi connectivity index (χ0n) is 5.50. The first-order valence-corrected chi connectivity index (χ1v) is 2.83. The SMILES string of the molecule is Nc1c[nH]cc(C(=O)O)c1=O. The molecule has 0 unspecified atom stereocenters. The number of nitrogens with two attached hydrogens (primary N) is 1. The van der Waals surface area contributed by atoms with Crippen LogP contribution >= 0.6 is 0 Å². The number of carboxylic acids is 1. The monoisotopic (exact) mass is 154 g/mol. The van der Waals surface area contributed by atoms with Crippen LogP contribution in [0.15, 0.2) is 17.2 Å². The molecule has 1 heterocycles. The fraction of sp³-hybridized carbons (Fsp3) is 0. The Morgan fingerprint density at radius 2 is 2.18 bits per heavy atom. The van der Waals surface area contributed by atoms with Crippen LogP contribution < -0.4 is 11.2 Å².